The van der Waals surface area contributed by atoms with E-state index in [2.05, 4.69) is 24.3 Å². The van der Waals surface area contributed by atoms with E-state index in [9.17, 15) is 0 Å². The van der Waals surface area contributed by atoms with E-state index in [0.29, 0.717) is 0 Å². The maximum atomic E-state index is 9.04. The van der Waals surface area contributed by atoms with Crippen LogP contribution in [0.5, 0.6) is 5.75 Å². The number of hydrogen-bond acceptors (Lipinski definition) is 2. The monoisotopic (exact) mass is 256 g/mol. The Kier molecular flexibility index (Phi) is 5.45. The standard InChI is InChI=1S/C17H20O2/c18-14-16-10-6-11-17(13-16)19-12-5-4-9-15-7-2-1-3-8-15/h1-3,6-8,10-11,13,18H,4-5,9,12,14H2. The molecule has 0 saturated carbocycles. The Morgan fingerprint density at radius 2 is 1.63 bits per heavy atom. The summed E-state index contributed by atoms with van der Waals surface area (Å²) < 4.78 is 5.68. The van der Waals surface area contributed by atoms with E-state index in [0.717, 1.165) is 37.2 Å². The molecule has 2 rings (SSSR count). The van der Waals surface area contributed by atoms with Crippen LogP contribution in [0.4, 0.5) is 0 Å². The van der Waals surface area contributed by atoms with Crippen LogP contribution in [0.3, 0.4) is 0 Å². The quantitative estimate of drug-likeness (QED) is 0.767. The summed E-state index contributed by atoms with van der Waals surface area (Å²) in [5.41, 5.74) is 2.27. The van der Waals surface area contributed by atoms with Crippen molar-refractivity contribution in [1.29, 1.82) is 0 Å². The average molecular weight is 256 g/mol. The summed E-state index contributed by atoms with van der Waals surface area (Å²) in [7, 11) is 0. The van der Waals surface area contributed by atoms with Crippen molar-refractivity contribution in [3.63, 3.8) is 0 Å². The molecule has 2 heteroatoms. The van der Waals surface area contributed by atoms with Crippen LogP contribution < -0.4 is 4.74 Å². The molecule has 100 valence electrons. The Morgan fingerprint density at radius 1 is 0.842 bits per heavy atom. The Hall–Kier alpha value is -1.80. The molecule has 0 aliphatic carbocycles. The van der Waals surface area contributed by atoms with Gasteiger partial charge in [-0.1, -0.05) is 42.5 Å². The third-order valence-corrected chi connectivity index (χ3v) is 3.05. The molecule has 0 heterocycles. The molecule has 0 fully saturated rings. The van der Waals surface area contributed by atoms with Crippen molar-refractivity contribution < 1.29 is 9.84 Å². The molecule has 0 bridgehead atoms. The summed E-state index contributed by atoms with van der Waals surface area (Å²) in [6, 6.07) is 18.1. The van der Waals surface area contributed by atoms with Gasteiger partial charge in [-0.2, -0.15) is 0 Å². The predicted molar refractivity (Wildman–Crippen MR) is 77.2 cm³/mol. The number of unbranched alkanes of at least 4 members (excludes halogenated alkanes) is 1. The zero-order chi connectivity index (χ0) is 13.3. The minimum Gasteiger partial charge on any atom is -0.494 e. The highest BCUT2D eigenvalue weighted by Crippen LogP contribution is 2.14. The van der Waals surface area contributed by atoms with E-state index in [1.54, 1.807) is 0 Å². The summed E-state index contributed by atoms with van der Waals surface area (Å²) in [5, 5.41) is 9.04. The second-order valence-electron chi connectivity index (χ2n) is 4.60. The molecule has 2 aromatic rings. The van der Waals surface area contributed by atoms with E-state index < -0.39 is 0 Å². The number of hydrogen-bond donors (Lipinski definition) is 1. The number of ether oxygens (including phenoxy) is 1. The molecule has 0 aliphatic heterocycles. The predicted octanol–water partition coefficient (Wildman–Crippen LogP) is 3.58. The van der Waals surface area contributed by atoms with Gasteiger partial charge in [0, 0.05) is 0 Å². The third kappa shape index (κ3) is 4.76. The second-order valence-corrected chi connectivity index (χ2v) is 4.60. The van der Waals surface area contributed by atoms with Crippen molar-refractivity contribution in [2.24, 2.45) is 0 Å². The summed E-state index contributed by atoms with van der Waals surface area (Å²) in [5.74, 6) is 0.839. The van der Waals surface area contributed by atoms with Crippen LogP contribution in [0.25, 0.3) is 0 Å². The first-order valence-corrected chi connectivity index (χ1v) is 6.75. The van der Waals surface area contributed by atoms with Crippen molar-refractivity contribution in [2.75, 3.05) is 6.61 Å². The van der Waals surface area contributed by atoms with Gasteiger partial charge in [-0.15, -0.1) is 0 Å². The van der Waals surface area contributed by atoms with Crippen molar-refractivity contribution in [3.8, 4) is 5.75 Å². The minimum atomic E-state index is 0.0607. The number of rotatable bonds is 7. The van der Waals surface area contributed by atoms with Gasteiger partial charge in [-0.05, 0) is 42.5 Å². The lowest BCUT2D eigenvalue weighted by Gasteiger charge is -2.07. The first-order chi connectivity index (χ1) is 9.38. The molecule has 0 unspecified atom stereocenters. The van der Waals surface area contributed by atoms with E-state index in [-0.39, 0.29) is 6.61 Å². The molecule has 0 amide bonds. The first-order valence-electron chi connectivity index (χ1n) is 6.75. The van der Waals surface area contributed by atoms with Crippen molar-refractivity contribution in [2.45, 2.75) is 25.9 Å². The fourth-order valence-corrected chi connectivity index (χ4v) is 2.00. The molecule has 0 saturated heterocycles. The van der Waals surface area contributed by atoms with Gasteiger partial charge < -0.3 is 9.84 Å². The fraction of sp³-hybridized carbons (Fsp3) is 0.294. The summed E-state index contributed by atoms with van der Waals surface area (Å²) in [4.78, 5) is 0. The average Bonchev–Trinajstić information content (AvgIpc) is 2.48. The number of benzene rings is 2. The van der Waals surface area contributed by atoms with Gasteiger partial charge in [0.1, 0.15) is 5.75 Å². The Morgan fingerprint density at radius 3 is 2.42 bits per heavy atom. The van der Waals surface area contributed by atoms with Crippen LogP contribution >= 0.6 is 0 Å². The van der Waals surface area contributed by atoms with Gasteiger partial charge in [0.15, 0.2) is 0 Å². The van der Waals surface area contributed by atoms with Gasteiger partial charge in [-0.25, -0.2) is 0 Å². The largest absolute Gasteiger partial charge is 0.494 e. The zero-order valence-corrected chi connectivity index (χ0v) is 11.1. The molecule has 2 aromatic carbocycles. The SMILES string of the molecule is OCc1cccc(OCCCCc2ccccc2)c1. The molecular weight excluding hydrogens is 236 g/mol. The Balaban J connectivity index is 1.66. The molecule has 0 spiro atoms. The minimum absolute atomic E-state index is 0.0607. The van der Waals surface area contributed by atoms with E-state index in [4.69, 9.17) is 9.84 Å². The van der Waals surface area contributed by atoms with Crippen LogP contribution in [0, 0.1) is 0 Å². The smallest absolute Gasteiger partial charge is 0.119 e. The number of aliphatic hydroxyl groups excluding tert-OH is 1. The first kappa shape index (κ1) is 13.6. The van der Waals surface area contributed by atoms with Gasteiger partial charge >= 0.3 is 0 Å². The zero-order valence-electron chi connectivity index (χ0n) is 11.1. The number of aliphatic hydroxyl groups is 1. The lowest BCUT2D eigenvalue weighted by molar-refractivity contribution is 0.278. The summed E-state index contributed by atoms with van der Waals surface area (Å²) in [6.45, 7) is 0.785. The Labute approximate surface area is 114 Å². The van der Waals surface area contributed by atoms with Crippen LogP contribution in [-0.2, 0) is 13.0 Å². The summed E-state index contributed by atoms with van der Waals surface area (Å²) >= 11 is 0. The van der Waals surface area contributed by atoms with Crippen molar-refractivity contribution in [3.05, 3.63) is 65.7 Å². The maximum Gasteiger partial charge on any atom is 0.119 e. The van der Waals surface area contributed by atoms with Crippen LogP contribution in [-0.4, -0.2) is 11.7 Å². The highest BCUT2D eigenvalue weighted by atomic mass is 16.5. The Bertz CT molecular complexity index is 480. The molecule has 1 N–H and O–H groups in total. The molecule has 19 heavy (non-hydrogen) atoms. The maximum absolute atomic E-state index is 9.04. The normalized spacial score (nSPS) is 10.4. The van der Waals surface area contributed by atoms with Crippen LogP contribution in [0.15, 0.2) is 54.6 Å². The lowest BCUT2D eigenvalue weighted by Crippen LogP contribution is -1.99. The molecule has 2 nitrogen and oxygen atoms in total. The van der Waals surface area contributed by atoms with Gasteiger partial charge in [-0.3, -0.25) is 0 Å². The molecule has 0 aliphatic rings. The highest BCUT2D eigenvalue weighted by molar-refractivity contribution is 5.27. The fourth-order valence-electron chi connectivity index (χ4n) is 2.00. The summed E-state index contributed by atoms with van der Waals surface area (Å²) in [6.07, 6.45) is 3.27. The molecule has 0 radical (unpaired) electrons. The van der Waals surface area contributed by atoms with Crippen LogP contribution in [0.2, 0.25) is 0 Å². The van der Waals surface area contributed by atoms with Gasteiger partial charge in [0.25, 0.3) is 0 Å². The molecular formula is C17H20O2. The molecule has 0 atom stereocenters. The van der Waals surface area contributed by atoms with E-state index in [1.807, 2.05) is 30.3 Å². The number of aryl methyl sites for hydroxylation is 1. The van der Waals surface area contributed by atoms with E-state index >= 15 is 0 Å². The molecule has 0 aromatic heterocycles. The second kappa shape index (κ2) is 7.59. The highest BCUT2D eigenvalue weighted by Gasteiger charge is 1.97. The van der Waals surface area contributed by atoms with Crippen LogP contribution in [0.1, 0.15) is 24.0 Å². The van der Waals surface area contributed by atoms with E-state index in [1.165, 1.54) is 5.56 Å². The third-order valence-electron chi connectivity index (χ3n) is 3.05. The van der Waals surface area contributed by atoms with Gasteiger partial charge in [0.2, 0.25) is 0 Å². The van der Waals surface area contributed by atoms with Gasteiger partial charge in [0.05, 0.1) is 13.2 Å². The topological polar surface area (TPSA) is 29.5 Å². The van der Waals surface area contributed by atoms with Crippen molar-refractivity contribution >= 4 is 0 Å². The van der Waals surface area contributed by atoms with Crippen molar-refractivity contribution in [1.82, 2.24) is 0 Å². The lowest BCUT2D eigenvalue weighted by atomic mass is 10.1.